The van der Waals surface area contributed by atoms with Crippen LogP contribution in [-0.2, 0) is 0 Å². The van der Waals surface area contributed by atoms with Crippen molar-refractivity contribution in [1.82, 2.24) is 0 Å². The molecule has 1 aromatic rings. The molecule has 0 radical (unpaired) electrons. The molecule has 0 spiro atoms. The fourth-order valence-electron chi connectivity index (χ4n) is 1.73. The highest BCUT2D eigenvalue weighted by Crippen LogP contribution is 2.24. The van der Waals surface area contributed by atoms with Crippen molar-refractivity contribution in [1.29, 1.82) is 0 Å². The van der Waals surface area contributed by atoms with Crippen LogP contribution in [0.1, 0.15) is 27.6 Å². The van der Waals surface area contributed by atoms with E-state index in [0.717, 1.165) is 0 Å². The number of nitrogens with two attached hydrogens (primary N) is 1. The first kappa shape index (κ1) is 9.09. The average molecular weight is 189 g/mol. The van der Waals surface area contributed by atoms with Gasteiger partial charge in [0, 0.05) is 17.0 Å². The molecule has 3 nitrogen and oxygen atoms in total. The molecule has 0 heterocycles. The molecule has 0 saturated carbocycles. The molecule has 2 unspecified atom stereocenters. The van der Waals surface area contributed by atoms with Gasteiger partial charge in [-0.1, -0.05) is 31.2 Å². The number of Topliss-reactive ketones (excluding diaryl/α,β-unsaturated/α-hetero) is 2. The number of fused-ring (bicyclic) bond motifs is 1. The van der Waals surface area contributed by atoms with Crippen molar-refractivity contribution >= 4 is 11.6 Å². The van der Waals surface area contributed by atoms with Gasteiger partial charge in [0.2, 0.25) is 0 Å². The summed E-state index contributed by atoms with van der Waals surface area (Å²) in [5.41, 5.74) is 6.62. The number of carbonyl (C=O) groups is 2. The first-order valence-electron chi connectivity index (χ1n) is 4.56. The highest BCUT2D eigenvalue weighted by molar-refractivity contribution is 6.17. The summed E-state index contributed by atoms with van der Waals surface area (Å²) in [7, 11) is 0. The van der Waals surface area contributed by atoms with E-state index in [0.29, 0.717) is 11.1 Å². The van der Waals surface area contributed by atoms with Crippen LogP contribution in [0.5, 0.6) is 0 Å². The third-order valence-corrected chi connectivity index (χ3v) is 2.71. The molecular formula is C11H11NO2. The van der Waals surface area contributed by atoms with Gasteiger partial charge in [0.05, 0.1) is 6.04 Å². The highest BCUT2D eigenvalue weighted by Gasteiger charge is 2.35. The van der Waals surface area contributed by atoms with Gasteiger partial charge < -0.3 is 5.73 Å². The Morgan fingerprint density at radius 2 is 1.57 bits per heavy atom. The summed E-state index contributed by atoms with van der Waals surface area (Å²) in [5.74, 6) is -0.571. The Hall–Kier alpha value is -1.48. The summed E-state index contributed by atoms with van der Waals surface area (Å²) in [4.78, 5) is 23.4. The molecule has 14 heavy (non-hydrogen) atoms. The Morgan fingerprint density at radius 1 is 1.07 bits per heavy atom. The van der Waals surface area contributed by atoms with Crippen LogP contribution in [0.3, 0.4) is 0 Å². The molecule has 0 fully saturated rings. The summed E-state index contributed by atoms with van der Waals surface area (Å²) in [6.45, 7) is 1.70. The molecule has 0 amide bonds. The van der Waals surface area contributed by atoms with Crippen molar-refractivity contribution < 1.29 is 9.59 Å². The molecule has 2 N–H and O–H groups in total. The third-order valence-electron chi connectivity index (χ3n) is 2.71. The Kier molecular flexibility index (Phi) is 1.97. The fraction of sp³-hybridized carbons (Fsp3) is 0.273. The minimum Gasteiger partial charge on any atom is -0.321 e. The Balaban J connectivity index is 2.62. The van der Waals surface area contributed by atoms with Crippen LogP contribution in [0.2, 0.25) is 0 Å². The van der Waals surface area contributed by atoms with Crippen LogP contribution in [0.25, 0.3) is 0 Å². The molecule has 72 valence electrons. The quantitative estimate of drug-likeness (QED) is 0.663. The molecule has 0 aromatic heterocycles. The molecule has 2 atom stereocenters. The molecule has 3 heteroatoms. The highest BCUT2D eigenvalue weighted by atomic mass is 16.1. The van der Waals surface area contributed by atoms with Gasteiger partial charge in [-0.3, -0.25) is 9.59 Å². The zero-order valence-electron chi connectivity index (χ0n) is 7.86. The van der Waals surface area contributed by atoms with E-state index in [-0.39, 0.29) is 11.6 Å². The first-order valence-corrected chi connectivity index (χ1v) is 4.56. The van der Waals surface area contributed by atoms with Crippen LogP contribution in [0.4, 0.5) is 0 Å². The number of ketones is 2. The second kappa shape index (κ2) is 3.03. The van der Waals surface area contributed by atoms with E-state index < -0.39 is 12.0 Å². The second-order valence-electron chi connectivity index (χ2n) is 3.59. The average Bonchev–Trinajstić information content (AvgIpc) is 2.23. The van der Waals surface area contributed by atoms with Gasteiger partial charge in [-0.05, 0) is 0 Å². The van der Waals surface area contributed by atoms with E-state index >= 15 is 0 Å². The van der Waals surface area contributed by atoms with Crippen molar-refractivity contribution in [2.45, 2.75) is 13.0 Å². The summed E-state index contributed by atoms with van der Waals surface area (Å²) < 4.78 is 0. The summed E-state index contributed by atoms with van der Waals surface area (Å²) in [6, 6.07) is 6.15. The molecule has 0 saturated heterocycles. The third kappa shape index (κ3) is 1.09. The van der Waals surface area contributed by atoms with Gasteiger partial charge in [0.15, 0.2) is 11.6 Å². The number of hydrogen-bond acceptors (Lipinski definition) is 3. The van der Waals surface area contributed by atoms with Gasteiger partial charge in [-0.2, -0.15) is 0 Å². The predicted molar refractivity (Wildman–Crippen MR) is 52.2 cm³/mol. The van der Waals surface area contributed by atoms with E-state index in [1.54, 1.807) is 31.2 Å². The summed E-state index contributed by atoms with van der Waals surface area (Å²) in [5, 5.41) is 0. The minimum atomic E-state index is -0.683. The monoisotopic (exact) mass is 189 g/mol. The number of hydrogen-bond donors (Lipinski definition) is 1. The summed E-state index contributed by atoms with van der Waals surface area (Å²) >= 11 is 0. The van der Waals surface area contributed by atoms with Crippen molar-refractivity contribution in [3.63, 3.8) is 0 Å². The molecule has 1 aromatic carbocycles. The number of rotatable bonds is 0. The van der Waals surface area contributed by atoms with E-state index in [9.17, 15) is 9.59 Å². The zero-order valence-corrected chi connectivity index (χ0v) is 7.86. The van der Waals surface area contributed by atoms with Gasteiger partial charge in [0.25, 0.3) is 0 Å². The van der Waals surface area contributed by atoms with E-state index in [4.69, 9.17) is 5.73 Å². The van der Waals surface area contributed by atoms with Crippen molar-refractivity contribution in [2.24, 2.45) is 11.7 Å². The van der Waals surface area contributed by atoms with Crippen molar-refractivity contribution in [3.8, 4) is 0 Å². The predicted octanol–water partition coefficient (Wildman–Crippen LogP) is 1.03. The van der Waals surface area contributed by atoms with Gasteiger partial charge >= 0.3 is 0 Å². The second-order valence-corrected chi connectivity index (χ2v) is 3.59. The molecule has 0 aliphatic heterocycles. The lowest BCUT2D eigenvalue weighted by Gasteiger charge is -2.24. The Labute approximate surface area is 81.9 Å². The van der Waals surface area contributed by atoms with E-state index in [2.05, 4.69) is 0 Å². The SMILES string of the molecule is CC1C(=O)c2ccccc2C(=O)C1N. The smallest absolute Gasteiger partial charge is 0.180 e. The van der Waals surface area contributed by atoms with Crippen molar-refractivity contribution in [2.75, 3.05) is 0 Å². The molecule has 0 bridgehead atoms. The number of benzene rings is 1. The van der Waals surface area contributed by atoms with Crippen LogP contribution >= 0.6 is 0 Å². The molecule has 1 aliphatic carbocycles. The Morgan fingerprint density at radius 3 is 2.14 bits per heavy atom. The zero-order chi connectivity index (χ0) is 10.3. The molecule has 1 aliphatic rings. The van der Waals surface area contributed by atoms with Gasteiger partial charge in [0.1, 0.15) is 0 Å². The van der Waals surface area contributed by atoms with Crippen LogP contribution in [0, 0.1) is 5.92 Å². The van der Waals surface area contributed by atoms with Crippen LogP contribution < -0.4 is 5.73 Å². The standard InChI is InChI=1S/C11H11NO2/c1-6-9(12)11(14)8-5-3-2-4-7(8)10(6)13/h2-6,9H,12H2,1H3. The maximum absolute atomic E-state index is 11.7. The van der Waals surface area contributed by atoms with Crippen molar-refractivity contribution in [3.05, 3.63) is 35.4 Å². The minimum absolute atomic E-state index is 0.0345. The topological polar surface area (TPSA) is 60.2 Å². The first-order chi connectivity index (χ1) is 6.63. The molecular weight excluding hydrogens is 178 g/mol. The maximum Gasteiger partial charge on any atom is 0.180 e. The van der Waals surface area contributed by atoms with Gasteiger partial charge in [-0.15, -0.1) is 0 Å². The van der Waals surface area contributed by atoms with E-state index in [1.165, 1.54) is 0 Å². The largest absolute Gasteiger partial charge is 0.321 e. The fourth-order valence-corrected chi connectivity index (χ4v) is 1.73. The number of carbonyl (C=O) groups excluding carboxylic acids is 2. The van der Waals surface area contributed by atoms with Crippen LogP contribution in [0.15, 0.2) is 24.3 Å². The Bertz CT molecular complexity index is 373. The van der Waals surface area contributed by atoms with Gasteiger partial charge in [-0.25, -0.2) is 0 Å². The lowest BCUT2D eigenvalue weighted by molar-refractivity contribution is 0.0807. The molecule has 2 rings (SSSR count). The van der Waals surface area contributed by atoms with Crippen LogP contribution in [-0.4, -0.2) is 17.6 Å². The summed E-state index contributed by atoms with van der Waals surface area (Å²) in [6.07, 6.45) is 0. The maximum atomic E-state index is 11.7. The normalized spacial score (nSPS) is 26.1. The lowest BCUT2D eigenvalue weighted by atomic mass is 9.80. The van der Waals surface area contributed by atoms with E-state index in [1.807, 2.05) is 0 Å². The lowest BCUT2D eigenvalue weighted by Crippen LogP contribution is -2.45.